The second-order valence-corrected chi connectivity index (χ2v) is 8.24. The molecule has 2 heterocycles. The first-order chi connectivity index (χ1) is 13.2. The van der Waals surface area contributed by atoms with Gasteiger partial charge in [-0.3, -0.25) is 9.89 Å². The van der Waals surface area contributed by atoms with Gasteiger partial charge in [-0.15, -0.1) is 0 Å². The van der Waals surface area contributed by atoms with Crippen LogP contribution in [0.3, 0.4) is 0 Å². The Balaban J connectivity index is 1.37. The molecular weight excluding hydrogens is 404 g/mol. The van der Waals surface area contributed by atoms with E-state index in [1.165, 1.54) is 38.4 Å². The molecule has 0 spiro atoms. The van der Waals surface area contributed by atoms with E-state index in [-0.39, 0.29) is 0 Å². The van der Waals surface area contributed by atoms with Gasteiger partial charge in [-0.2, -0.15) is 0 Å². The van der Waals surface area contributed by atoms with E-state index in [0.717, 1.165) is 43.0 Å². The number of rotatable bonds is 6. The molecule has 0 radical (unpaired) electrons. The van der Waals surface area contributed by atoms with E-state index in [1.807, 2.05) is 7.05 Å². The van der Waals surface area contributed by atoms with Crippen LogP contribution in [-0.2, 0) is 0 Å². The van der Waals surface area contributed by atoms with E-state index in [2.05, 4.69) is 77.4 Å². The molecule has 27 heavy (non-hydrogen) atoms. The van der Waals surface area contributed by atoms with E-state index in [9.17, 15) is 0 Å². The van der Waals surface area contributed by atoms with Crippen molar-refractivity contribution in [3.63, 3.8) is 0 Å². The van der Waals surface area contributed by atoms with Crippen LogP contribution in [-0.4, -0.2) is 87.8 Å². The molecule has 0 aliphatic carbocycles. The fourth-order valence-electron chi connectivity index (χ4n) is 3.81. The zero-order valence-corrected chi connectivity index (χ0v) is 18.2. The molecule has 1 unspecified atom stereocenters. The molecule has 0 bridgehead atoms. The number of nitrogens with zero attached hydrogens (tertiary/aromatic N) is 4. The van der Waals surface area contributed by atoms with Gasteiger partial charge in [0.25, 0.3) is 0 Å². The van der Waals surface area contributed by atoms with Crippen LogP contribution in [0.2, 0.25) is 0 Å². The van der Waals surface area contributed by atoms with Gasteiger partial charge >= 0.3 is 0 Å². The average molecular weight is 437 g/mol. The summed E-state index contributed by atoms with van der Waals surface area (Å²) in [5, 5.41) is 7.08. The predicted molar refractivity (Wildman–Crippen MR) is 118 cm³/mol. The normalized spacial score (nSPS) is 22.3. The van der Waals surface area contributed by atoms with Gasteiger partial charge in [0.05, 0.1) is 0 Å². The van der Waals surface area contributed by atoms with Crippen molar-refractivity contribution in [2.45, 2.75) is 19.4 Å². The van der Waals surface area contributed by atoms with Crippen LogP contribution < -0.4 is 15.5 Å². The highest BCUT2D eigenvalue weighted by molar-refractivity contribution is 9.10. The van der Waals surface area contributed by atoms with E-state index in [4.69, 9.17) is 0 Å². The molecule has 2 N–H and O–H groups in total. The number of hydrogen-bond donors (Lipinski definition) is 2. The molecule has 7 heteroatoms. The molecule has 6 nitrogen and oxygen atoms in total. The third-order valence-corrected chi connectivity index (χ3v) is 6.11. The highest BCUT2D eigenvalue weighted by Gasteiger charge is 2.23. The van der Waals surface area contributed by atoms with Crippen LogP contribution in [0, 0.1) is 0 Å². The first kappa shape index (κ1) is 20.4. The number of likely N-dealkylation sites (N-methyl/N-ethyl adjacent to an activating group) is 1. The minimum Gasteiger partial charge on any atom is -0.369 e. The number of nitrogens with one attached hydrogen (secondary N) is 2. The summed E-state index contributed by atoms with van der Waals surface area (Å²) in [5.74, 6) is 0.921. The van der Waals surface area contributed by atoms with Crippen LogP contribution >= 0.6 is 15.9 Å². The molecule has 2 fully saturated rings. The van der Waals surface area contributed by atoms with Crippen LogP contribution in [0.4, 0.5) is 5.69 Å². The third kappa shape index (κ3) is 6.09. The molecule has 1 atom stereocenters. The topological polar surface area (TPSA) is 46.1 Å². The Morgan fingerprint density at radius 2 is 1.81 bits per heavy atom. The highest BCUT2D eigenvalue weighted by atomic mass is 79.9. The maximum Gasteiger partial charge on any atom is 0.191 e. The number of halogens is 1. The van der Waals surface area contributed by atoms with Gasteiger partial charge < -0.3 is 20.4 Å². The number of aliphatic imine (C=N–C) groups is 1. The van der Waals surface area contributed by atoms with Crippen molar-refractivity contribution in [2.24, 2.45) is 4.99 Å². The quantitative estimate of drug-likeness (QED) is 0.526. The van der Waals surface area contributed by atoms with Crippen molar-refractivity contribution in [3.05, 3.63) is 28.7 Å². The van der Waals surface area contributed by atoms with Crippen molar-refractivity contribution >= 4 is 27.6 Å². The van der Waals surface area contributed by atoms with Crippen LogP contribution in [0.15, 0.2) is 33.7 Å². The van der Waals surface area contributed by atoms with Crippen LogP contribution in [0.25, 0.3) is 0 Å². The van der Waals surface area contributed by atoms with E-state index in [1.54, 1.807) is 0 Å². The Morgan fingerprint density at radius 1 is 1.11 bits per heavy atom. The number of benzene rings is 1. The lowest BCUT2D eigenvalue weighted by atomic mass is 10.2. The maximum absolute atomic E-state index is 4.41. The Kier molecular flexibility index (Phi) is 7.79. The second-order valence-electron chi connectivity index (χ2n) is 7.33. The molecule has 3 rings (SSSR count). The third-order valence-electron chi connectivity index (χ3n) is 5.58. The molecule has 2 aliphatic rings. The van der Waals surface area contributed by atoms with Crippen molar-refractivity contribution in [2.75, 3.05) is 70.9 Å². The number of guanidine groups is 1. The number of anilines is 1. The Labute approximate surface area is 172 Å². The fraction of sp³-hybridized carbons (Fsp3) is 0.650. The smallest absolute Gasteiger partial charge is 0.191 e. The fourth-order valence-corrected chi connectivity index (χ4v) is 4.08. The summed E-state index contributed by atoms with van der Waals surface area (Å²) < 4.78 is 1.13. The zero-order valence-electron chi connectivity index (χ0n) is 16.6. The summed E-state index contributed by atoms with van der Waals surface area (Å²) >= 11 is 3.51. The lowest BCUT2D eigenvalue weighted by molar-refractivity contribution is 0.139. The van der Waals surface area contributed by atoms with Crippen LogP contribution in [0.5, 0.6) is 0 Å². The second kappa shape index (κ2) is 10.3. The number of piperazine rings is 1. The Bertz CT molecular complexity index is 597. The maximum atomic E-state index is 4.41. The molecular formula is C20H33BrN6. The summed E-state index contributed by atoms with van der Waals surface area (Å²) in [7, 11) is 1.86. The standard InChI is InChI=1S/C20H33BrN6/c1-3-25-12-14-26(15-13-25)11-9-23-20(22-2)24-18-8-10-27(16-18)19-6-4-17(21)5-7-19/h4-7,18H,3,8-16H2,1-2H3,(H2,22,23,24). The molecule has 1 aromatic carbocycles. The number of hydrogen-bond acceptors (Lipinski definition) is 4. The SMILES string of the molecule is CCN1CCN(CCNC(=NC)NC2CCN(c3ccc(Br)cc3)C2)CC1. The monoisotopic (exact) mass is 436 g/mol. The minimum atomic E-state index is 0.438. The largest absolute Gasteiger partial charge is 0.369 e. The summed E-state index contributed by atoms with van der Waals surface area (Å²) in [6, 6.07) is 9.01. The van der Waals surface area contributed by atoms with Gasteiger partial charge in [0.15, 0.2) is 5.96 Å². The minimum absolute atomic E-state index is 0.438. The predicted octanol–water partition coefficient (Wildman–Crippen LogP) is 1.83. The average Bonchev–Trinajstić information content (AvgIpc) is 3.17. The summed E-state index contributed by atoms with van der Waals surface area (Å²) in [4.78, 5) is 11.9. The van der Waals surface area contributed by atoms with Gasteiger partial charge in [-0.1, -0.05) is 22.9 Å². The molecule has 1 aromatic rings. The van der Waals surface area contributed by atoms with Gasteiger partial charge in [-0.25, -0.2) is 0 Å². The molecule has 2 saturated heterocycles. The first-order valence-corrected chi connectivity index (χ1v) is 10.9. The van der Waals surface area contributed by atoms with Gasteiger partial charge in [0, 0.05) is 75.6 Å². The molecule has 0 amide bonds. The molecule has 150 valence electrons. The lowest BCUT2D eigenvalue weighted by Gasteiger charge is -2.34. The van der Waals surface area contributed by atoms with Crippen LogP contribution in [0.1, 0.15) is 13.3 Å². The molecule has 0 saturated carbocycles. The zero-order chi connectivity index (χ0) is 19.1. The van der Waals surface area contributed by atoms with E-state index >= 15 is 0 Å². The highest BCUT2D eigenvalue weighted by Crippen LogP contribution is 2.22. The lowest BCUT2D eigenvalue weighted by Crippen LogP contribution is -2.50. The molecule has 2 aliphatic heterocycles. The van der Waals surface area contributed by atoms with Gasteiger partial charge in [0.1, 0.15) is 0 Å². The van der Waals surface area contributed by atoms with Crippen molar-refractivity contribution in [1.29, 1.82) is 0 Å². The van der Waals surface area contributed by atoms with E-state index in [0.29, 0.717) is 6.04 Å². The summed E-state index contributed by atoms with van der Waals surface area (Å²) in [5.41, 5.74) is 1.29. The Hall–Kier alpha value is -1.31. The summed E-state index contributed by atoms with van der Waals surface area (Å²) in [6.45, 7) is 12.3. The van der Waals surface area contributed by atoms with Crippen molar-refractivity contribution in [3.8, 4) is 0 Å². The van der Waals surface area contributed by atoms with Crippen molar-refractivity contribution < 1.29 is 0 Å². The first-order valence-electron chi connectivity index (χ1n) is 10.1. The summed E-state index contributed by atoms with van der Waals surface area (Å²) in [6.07, 6.45) is 1.13. The molecule has 0 aromatic heterocycles. The Morgan fingerprint density at radius 3 is 2.48 bits per heavy atom. The van der Waals surface area contributed by atoms with Gasteiger partial charge in [-0.05, 0) is 37.2 Å². The van der Waals surface area contributed by atoms with Crippen molar-refractivity contribution in [1.82, 2.24) is 20.4 Å². The van der Waals surface area contributed by atoms with E-state index < -0.39 is 0 Å². The van der Waals surface area contributed by atoms with Gasteiger partial charge in [0.2, 0.25) is 0 Å².